The molecule has 3 amide bonds. The van der Waals surface area contributed by atoms with Crippen LogP contribution in [-0.2, 0) is 11.2 Å². The molecule has 23 heavy (non-hydrogen) atoms. The smallest absolute Gasteiger partial charge is 0.315 e. The first-order valence-corrected chi connectivity index (χ1v) is 8.07. The topological polar surface area (TPSA) is 79.5 Å². The highest BCUT2D eigenvalue weighted by molar-refractivity contribution is 5.88. The van der Waals surface area contributed by atoms with Crippen molar-refractivity contribution in [3.05, 3.63) is 23.8 Å². The number of carbonyl (C=O) groups excluding carboxylic acids is 2. The number of carbonyl (C=O) groups is 2. The maximum atomic E-state index is 11.8. The molecule has 0 bridgehead atoms. The van der Waals surface area contributed by atoms with Crippen molar-refractivity contribution in [1.82, 2.24) is 10.6 Å². The van der Waals surface area contributed by atoms with E-state index in [-0.39, 0.29) is 11.9 Å². The fourth-order valence-electron chi connectivity index (χ4n) is 2.87. The van der Waals surface area contributed by atoms with Crippen molar-refractivity contribution in [1.29, 1.82) is 0 Å². The van der Waals surface area contributed by atoms with E-state index in [4.69, 9.17) is 4.74 Å². The zero-order valence-electron chi connectivity index (χ0n) is 13.8. The molecule has 6 heteroatoms. The molecule has 126 valence electrons. The molecule has 1 aromatic rings. The lowest BCUT2D eigenvalue weighted by Crippen LogP contribution is -2.41. The van der Waals surface area contributed by atoms with E-state index in [0.29, 0.717) is 19.0 Å². The molecule has 6 nitrogen and oxygen atoms in total. The summed E-state index contributed by atoms with van der Waals surface area (Å²) in [5, 5.41) is 8.62. The van der Waals surface area contributed by atoms with Gasteiger partial charge in [0.2, 0.25) is 5.91 Å². The van der Waals surface area contributed by atoms with E-state index in [1.807, 2.05) is 12.1 Å². The van der Waals surface area contributed by atoms with Crippen LogP contribution in [0.1, 0.15) is 38.2 Å². The zero-order valence-corrected chi connectivity index (χ0v) is 13.8. The van der Waals surface area contributed by atoms with Gasteiger partial charge in [0.1, 0.15) is 5.75 Å². The number of amides is 3. The highest BCUT2D eigenvalue weighted by Gasteiger charge is 2.16. The summed E-state index contributed by atoms with van der Waals surface area (Å²) >= 11 is 0. The van der Waals surface area contributed by atoms with E-state index >= 15 is 0 Å². The molecule has 0 heterocycles. The van der Waals surface area contributed by atoms with Crippen molar-refractivity contribution < 1.29 is 14.3 Å². The van der Waals surface area contributed by atoms with Gasteiger partial charge in [0, 0.05) is 25.2 Å². The predicted octanol–water partition coefficient (Wildman–Crippen LogP) is 2.44. The molecule has 0 saturated heterocycles. The summed E-state index contributed by atoms with van der Waals surface area (Å²) in [6.45, 7) is 1.98. The third kappa shape index (κ3) is 5.47. The van der Waals surface area contributed by atoms with Crippen LogP contribution in [0.25, 0.3) is 0 Å². The Kier molecular flexibility index (Phi) is 6.26. The van der Waals surface area contributed by atoms with E-state index in [0.717, 1.165) is 29.8 Å². The molecule has 0 spiro atoms. The fraction of sp³-hybridized carbons (Fsp3) is 0.529. The molecule has 0 unspecified atom stereocenters. The standard InChI is InChI=1S/C17H25N3O3/c1-12(21)19-15-7-8-16(23-2)13(11-15)9-10-18-17(22)20-14-5-3-4-6-14/h7-8,11,14H,3-6,9-10H2,1-2H3,(H,19,21)(H2,18,20,22). The summed E-state index contributed by atoms with van der Waals surface area (Å²) in [6, 6.07) is 5.68. The van der Waals surface area contributed by atoms with Gasteiger partial charge in [-0.3, -0.25) is 4.79 Å². The van der Waals surface area contributed by atoms with Crippen LogP contribution in [0.4, 0.5) is 10.5 Å². The van der Waals surface area contributed by atoms with Crippen molar-refractivity contribution in [2.45, 2.75) is 45.1 Å². The lowest BCUT2D eigenvalue weighted by Gasteiger charge is -2.14. The van der Waals surface area contributed by atoms with Crippen molar-refractivity contribution >= 4 is 17.6 Å². The van der Waals surface area contributed by atoms with Gasteiger partial charge in [0.25, 0.3) is 0 Å². The Hall–Kier alpha value is -2.24. The molecule has 0 aromatic heterocycles. The summed E-state index contributed by atoms with van der Waals surface area (Å²) in [5.74, 6) is 0.632. The van der Waals surface area contributed by atoms with Crippen LogP contribution in [-0.4, -0.2) is 31.6 Å². The lowest BCUT2D eigenvalue weighted by atomic mass is 10.1. The largest absolute Gasteiger partial charge is 0.496 e. The number of nitrogens with one attached hydrogen (secondary N) is 3. The summed E-state index contributed by atoms with van der Waals surface area (Å²) in [5.41, 5.74) is 1.67. The number of rotatable bonds is 6. The monoisotopic (exact) mass is 319 g/mol. The second-order valence-corrected chi connectivity index (χ2v) is 5.84. The van der Waals surface area contributed by atoms with Crippen molar-refractivity contribution in [2.24, 2.45) is 0 Å². The predicted molar refractivity (Wildman–Crippen MR) is 89.8 cm³/mol. The Morgan fingerprint density at radius 3 is 2.65 bits per heavy atom. The van der Waals surface area contributed by atoms with E-state index in [1.165, 1.54) is 19.8 Å². The molecule has 1 aliphatic rings. The Bertz CT molecular complexity index is 554. The highest BCUT2D eigenvalue weighted by Crippen LogP contribution is 2.23. The number of anilines is 1. The first kappa shape index (κ1) is 17.1. The van der Waals surface area contributed by atoms with Crippen LogP contribution in [0, 0.1) is 0 Å². The molecule has 3 N–H and O–H groups in total. The minimum Gasteiger partial charge on any atom is -0.496 e. The van der Waals surface area contributed by atoms with E-state index in [1.54, 1.807) is 13.2 Å². The maximum Gasteiger partial charge on any atom is 0.315 e. The van der Waals surface area contributed by atoms with Gasteiger partial charge >= 0.3 is 6.03 Å². The van der Waals surface area contributed by atoms with Crippen molar-refractivity contribution in [3.8, 4) is 5.75 Å². The first-order chi connectivity index (χ1) is 11.1. The maximum absolute atomic E-state index is 11.8. The van der Waals surface area contributed by atoms with Crippen LogP contribution < -0.4 is 20.7 Å². The second kappa shape index (κ2) is 8.41. The highest BCUT2D eigenvalue weighted by atomic mass is 16.5. The van der Waals surface area contributed by atoms with E-state index < -0.39 is 0 Å². The first-order valence-electron chi connectivity index (χ1n) is 8.07. The normalized spacial score (nSPS) is 14.3. The fourth-order valence-corrected chi connectivity index (χ4v) is 2.87. The average molecular weight is 319 g/mol. The minimum atomic E-state index is -0.117. The summed E-state index contributed by atoms with van der Waals surface area (Å²) in [6.07, 6.45) is 5.16. The van der Waals surface area contributed by atoms with Crippen molar-refractivity contribution in [2.75, 3.05) is 19.0 Å². The number of hydrogen-bond acceptors (Lipinski definition) is 3. The van der Waals surface area contributed by atoms with Crippen LogP contribution in [0.5, 0.6) is 5.75 Å². The van der Waals surface area contributed by atoms with Gasteiger partial charge in [-0.25, -0.2) is 4.79 Å². The Morgan fingerprint density at radius 2 is 2.00 bits per heavy atom. The van der Waals surface area contributed by atoms with Gasteiger partial charge in [-0.15, -0.1) is 0 Å². The summed E-state index contributed by atoms with van der Waals surface area (Å²) < 4.78 is 5.33. The zero-order chi connectivity index (χ0) is 16.7. The number of benzene rings is 1. The molecular weight excluding hydrogens is 294 g/mol. The van der Waals surface area contributed by atoms with Crippen LogP contribution in [0.3, 0.4) is 0 Å². The van der Waals surface area contributed by atoms with Gasteiger partial charge in [-0.2, -0.15) is 0 Å². The van der Waals surface area contributed by atoms with Gasteiger partial charge in [0.05, 0.1) is 7.11 Å². The molecule has 1 aliphatic carbocycles. The van der Waals surface area contributed by atoms with Crippen LogP contribution in [0.2, 0.25) is 0 Å². The van der Waals surface area contributed by atoms with Gasteiger partial charge in [-0.1, -0.05) is 12.8 Å². The summed E-state index contributed by atoms with van der Waals surface area (Å²) in [7, 11) is 1.61. The molecule has 1 saturated carbocycles. The van der Waals surface area contributed by atoms with Crippen LogP contribution in [0.15, 0.2) is 18.2 Å². The average Bonchev–Trinajstić information content (AvgIpc) is 3.00. The van der Waals surface area contributed by atoms with Crippen molar-refractivity contribution in [3.63, 3.8) is 0 Å². The van der Waals surface area contributed by atoms with Gasteiger partial charge < -0.3 is 20.7 Å². The quantitative estimate of drug-likeness (QED) is 0.753. The van der Waals surface area contributed by atoms with E-state index in [2.05, 4.69) is 16.0 Å². The number of methoxy groups -OCH3 is 1. The van der Waals surface area contributed by atoms with Crippen LogP contribution >= 0.6 is 0 Å². The Morgan fingerprint density at radius 1 is 1.26 bits per heavy atom. The molecule has 1 fully saturated rings. The van der Waals surface area contributed by atoms with Gasteiger partial charge in [-0.05, 0) is 43.0 Å². The molecule has 1 aromatic carbocycles. The van der Waals surface area contributed by atoms with Gasteiger partial charge in [0.15, 0.2) is 0 Å². The molecule has 0 atom stereocenters. The minimum absolute atomic E-state index is 0.116. The lowest BCUT2D eigenvalue weighted by molar-refractivity contribution is -0.114. The SMILES string of the molecule is COc1ccc(NC(C)=O)cc1CCNC(=O)NC1CCCC1. The van der Waals surface area contributed by atoms with E-state index in [9.17, 15) is 9.59 Å². The molecule has 0 aliphatic heterocycles. The third-order valence-corrected chi connectivity index (χ3v) is 3.97. The summed E-state index contributed by atoms with van der Waals surface area (Å²) in [4.78, 5) is 23.0. The number of ether oxygens (including phenoxy) is 1. The second-order valence-electron chi connectivity index (χ2n) is 5.84. The Labute approximate surface area is 137 Å². The molecular formula is C17H25N3O3. The number of hydrogen-bond donors (Lipinski definition) is 3. The molecule has 0 radical (unpaired) electrons. The third-order valence-electron chi connectivity index (χ3n) is 3.97. The Balaban J connectivity index is 1.85. The number of urea groups is 1. The molecule has 2 rings (SSSR count).